The highest BCUT2D eigenvalue weighted by molar-refractivity contribution is 9.10. The first-order valence-electron chi connectivity index (χ1n) is 6.47. The van der Waals surface area contributed by atoms with E-state index in [1.165, 1.54) is 0 Å². The van der Waals surface area contributed by atoms with E-state index in [0.717, 1.165) is 24.8 Å². The number of rotatable bonds is 3. The van der Waals surface area contributed by atoms with Crippen molar-refractivity contribution in [1.82, 2.24) is 4.31 Å². The Morgan fingerprint density at radius 2 is 2.16 bits per heavy atom. The molecule has 4 nitrogen and oxygen atoms in total. The van der Waals surface area contributed by atoms with E-state index in [0.29, 0.717) is 22.5 Å². The van der Waals surface area contributed by atoms with Gasteiger partial charge in [-0.05, 0) is 53.4 Å². The molecule has 0 aromatic heterocycles. The van der Waals surface area contributed by atoms with E-state index in [1.54, 1.807) is 16.4 Å². The fraction of sp³-hybridized carbons (Fsp3) is 0.538. The van der Waals surface area contributed by atoms with E-state index in [2.05, 4.69) is 15.9 Å². The zero-order valence-corrected chi connectivity index (χ0v) is 13.4. The monoisotopic (exact) mass is 346 g/mol. The van der Waals surface area contributed by atoms with Crippen molar-refractivity contribution in [2.75, 3.05) is 6.54 Å². The number of halogens is 1. The molecule has 0 amide bonds. The van der Waals surface area contributed by atoms with Crippen LogP contribution in [0.25, 0.3) is 0 Å². The smallest absolute Gasteiger partial charge is 0.244 e. The van der Waals surface area contributed by atoms with E-state index in [4.69, 9.17) is 5.73 Å². The fourth-order valence-electron chi connectivity index (χ4n) is 2.43. The molecule has 0 saturated carbocycles. The van der Waals surface area contributed by atoms with Gasteiger partial charge >= 0.3 is 0 Å². The van der Waals surface area contributed by atoms with E-state index in [-0.39, 0.29) is 6.04 Å². The van der Waals surface area contributed by atoms with Gasteiger partial charge in [0.15, 0.2) is 0 Å². The molecular weight excluding hydrogens is 328 g/mol. The standard InChI is InChI=1S/C13H19BrN2O2S/c1-10-4-2-3-7-16(10)19(17,18)13-8-11(9-15)5-6-12(13)14/h5-6,8,10H,2-4,7,9,15H2,1H3. The van der Waals surface area contributed by atoms with Crippen LogP contribution in [0.5, 0.6) is 0 Å². The Hall–Kier alpha value is -0.430. The maximum Gasteiger partial charge on any atom is 0.244 e. The van der Waals surface area contributed by atoms with Gasteiger partial charge in [-0.25, -0.2) is 8.42 Å². The third kappa shape index (κ3) is 3.02. The zero-order valence-electron chi connectivity index (χ0n) is 11.0. The summed E-state index contributed by atoms with van der Waals surface area (Å²) in [7, 11) is -3.44. The van der Waals surface area contributed by atoms with Gasteiger partial charge in [0.25, 0.3) is 0 Å². The second kappa shape index (κ2) is 5.91. The van der Waals surface area contributed by atoms with Crippen LogP contribution < -0.4 is 5.73 Å². The topological polar surface area (TPSA) is 63.4 Å². The van der Waals surface area contributed by atoms with Crippen LogP contribution in [-0.2, 0) is 16.6 Å². The number of hydrogen-bond donors (Lipinski definition) is 1. The summed E-state index contributed by atoms with van der Waals surface area (Å²) in [6.45, 7) is 2.91. The van der Waals surface area contributed by atoms with E-state index < -0.39 is 10.0 Å². The summed E-state index contributed by atoms with van der Waals surface area (Å²) in [4.78, 5) is 0.323. The van der Waals surface area contributed by atoms with Crippen LogP contribution in [0.3, 0.4) is 0 Å². The summed E-state index contributed by atoms with van der Waals surface area (Å²) in [6.07, 6.45) is 2.95. The molecule has 0 bridgehead atoms. The lowest BCUT2D eigenvalue weighted by Crippen LogP contribution is -2.42. The maximum atomic E-state index is 12.7. The molecule has 0 radical (unpaired) electrons. The lowest BCUT2D eigenvalue weighted by molar-refractivity contribution is 0.268. The van der Waals surface area contributed by atoms with Crippen LogP contribution in [0.4, 0.5) is 0 Å². The first-order valence-corrected chi connectivity index (χ1v) is 8.70. The van der Waals surface area contributed by atoms with Crippen molar-refractivity contribution in [2.24, 2.45) is 5.73 Å². The van der Waals surface area contributed by atoms with E-state index in [9.17, 15) is 8.42 Å². The van der Waals surface area contributed by atoms with Gasteiger partial charge in [0.1, 0.15) is 0 Å². The van der Waals surface area contributed by atoms with Crippen LogP contribution in [0.15, 0.2) is 27.6 Å². The van der Waals surface area contributed by atoms with Crippen molar-refractivity contribution in [3.05, 3.63) is 28.2 Å². The molecule has 1 fully saturated rings. The lowest BCUT2D eigenvalue weighted by Gasteiger charge is -2.32. The minimum absolute atomic E-state index is 0.0622. The Kier molecular flexibility index (Phi) is 4.66. The molecule has 0 spiro atoms. The summed E-state index contributed by atoms with van der Waals surface area (Å²) in [5, 5.41) is 0. The van der Waals surface area contributed by atoms with Gasteiger partial charge in [-0.3, -0.25) is 0 Å². The van der Waals surface area contributed by atoms with Gasteiger partial charge in [0.2, 0.25) is 10.0 Å². The molecule has 2 rings (SSSR count). The zero-order chi connectivity index (χ0) is 14.0. The lowest BCUT2D eigenvalue weighted by atomic mass is 10.1. The molecule has 0 aliphatic carbocycles. The Balaban J connectivity index is 2.43. The number of piperidine rings is 1. The van der Waals surface area contributed by atoms with Gasteiger partial charge in [0, 0.05) is 23.6 Å². The van der Waals surface area contributed by atoms with Crippen molar-refractivity contribution < 1.29 is 8.42 Å². The third-order valence-corrected chi connectivity index (χ3v) is 6.57. The minimum Gasteiger partial charge on any atom is -0.326 e. The third-order valence-electron chi connectivity index (χ3n) is 3.56. The molecular formula is C13H19BrN2O2S. The minimum atomic E-state index is -3.44. The highest BCUT2D eigenvalue weighted by atomic mass is 79.9. The van der Waals surface area contributed by atoms with Crippen molar-refractivity contribution in [1.29, 1.82) is 0 Å². The molecule has 1 unspecified atom stereocenters. The van der Waals surface area contributed by atoms with Gasteiger partial charge < -0.3 is 5.73 Å². The highest BCUT2D eigenvalue weighted by Crippen LogP contribution is 2.30. The molecule has 1 aliphatic heterocycles. The van der Waals surface area contributed by atoms with E-state index >= 15 is 0 Å². The Morgan fingerprint density at radius 3 is 2.79 bits per heavy atom. The molecule has 1 saturated heterocycles. The number of nitrogens with zero attached hydrogens (tertiary/aromatic N) is 1. The number of nitrogens with two attached hydrogens (primary N) is 1. The Labute approximate surface area is 123 Å². The van der Waals surface area contributed by atoms with Crippen molar-refractivity contribution in [3.63, 3.8) is 0 Å². The van der Waals surface area contributed by atoms with Gasteiger partial charge in [-0.1, -0.05) is 12.5 Å². The molecule has 1 atom stereocenters. The quantitative estimate of drug-likeness (QED) is 0.914. The summed E-state index contributed by atoms with van der Waals surface area (Å²) in [5.41, 5.74) is 6.42. The predicted octanol–water partition coefficient (Wildman–Crippen LogP) is 2.47. The summed E-state index contributed by atoms with van der Waals surface area (Å²) < 4.78 is 27.7. The molecule has 1 aliphatic rings. The second-order valence-electron chi connectivity index (χ2n) is 4.93. The molecule has 1 aromatic rings. The first kappa shape index (κ1) is 15.0. The molecule has 1 aromatic carbocycles. The van der Waals surface area contributed by atoms with Gasteiger partial charge in [-0.15, -0.1) is 0 Å². The average Bonchev–Trinajstić information content (AvgIpc) is 2.39. The first-order chi connectivity index (χ1) is 8.96. The molecule has 6 heteroatoms. The van der Waals surface area contributed by atoms with Crippen LogP contribution in [-0.4, -0.2) is 25.3 Å². The fourth-order valence-corrected chi connectivity index (χ4v) is 5.10. The Morgan fingerprint density at radius 1 is 1.42 bits per heavy atom. The SMILES string of the molecule is CC1CCCCN1S(=O)(=O)c1cc(CN)ccc1Br. The summed E-state index contributed by atoms with van der Waals surface area (Å²) in [6, 6.07) is 5.32. The van der Waals surface area contributed by atoms with Crippen LogP contribution in [0.1, 0.15) is 31.7 Å². The van der Waals surface area contributed by atoms with Crippen molar-refractivity contribution >= 4 is 26.0 Å². The predicted molar refractivity (Wildman–Crippen MR) is 79.2 cm³/mol. The van der Waals surface area contributed by atoms with Crippen LogP contribution >= 0.6 is 15.9 Å². The second-order valence-corrected chi connectivity index (χ2v) is 7.64. The summed E-state index contributed by atoms with van der Waals surface area (Å²) >= 11 is 3.34. The van der Waals surface area contributed by atoms with Crippen molar-refractivity contribution in [3.8, 4) is 0 Å². The maximum absolute atomic E-state index is 12.7. The van der Waals surface area contributed by atoms with Gasteiger partial charge in [-0.2, -0.15) is 4.31 Å². The molecule has 2 N–H and O–H groups in total. The number of hydrogen-bond acceptors (Lipinski definition) is 3. The van der Waals surface area contributed by atoms with Gasteiger partial charge in [0.05, 0.1) is 4.90 Å². The molecule has 19 heavy (non-hydrogen) atoms. The van der Waals surface area contributed by atoms with Crippen LogP contribution in [0.2, 0.25) is 0 Å². The number of benzene rings is 1. The molecule has 1 heterocycles. The average molecular weight is 347 g/mol. The largest absolute Gasteiger partial charge is 0.326 e. The van der Waals surface area contributed by atoms with Crippen molar-refractivity contribution in [2.45, 2.75) is 43.7 Å². The normalized spacial score (nSPS) is 21.5. The van der Waals surface area contributed by atoms with E-state index in [1.807, 2.05) is 13.0 Å². The number of sulfonamides is 1. The summed E-state index contributed by atoms with van der Waals surface area (Å²) in [5.74, 6) is 0. The molecule has 106 valence electrons. The van der Waals surface area contributed by atoms with Crippen LogP contribution in [0, 0.1) is 0 Å². The Bertz CT molecular complexity index is 560. The highest BCUT2D eigenvalue weighted by Gasteiger charge is 2.32.